The molecule has 0 saturated carbocycles. The van der Waals surface area contributed by atoms with Gasteiger partial charge in [-0.2, -0.15) is 0 Å². The largest absolute Gasteiger partial charge is 0.337 e. The van der Waals surface area contributed by atoms with Crippen LogP contribution in [-0.4, -0.2) is 17.3 Å². The van der Waals surface area contributed by atoms with Gasteiger partial charge in [-0.3, -0.25) is 0 Å². The molecule has 0 aliphatic heterocycles. The van der Waals surface area contributed by atoms with E-state index in [0.29, 0.717) is 6.61 Å². The topological polar surface area (TPSA) is 29.5 Å². The summed E-state index contributed by atoms with van der Waals surface area (Å²) in [6.07, 6.45) is 97.8. The Morgan fingerprint density at radius 3 is 0.506 bits per heavy atom. The number of rotatable bonds is 72. The zero-order valence-electron chi connectivity index (χ0n) is 53.6. The first-order valence-corrected chi connectivity index (χ1v) is 41.0. The molecule has 0 aromatic rings. The van der Waals surface area contributed by atoms with Gasteiger partial charge < -0.3 is 9.42 Å². The summed E-state index contributed by atoms with van der Waals surface area (Å²) in [5.41, 5.74) is -2.65. The third kappa shape index (κ3) is 73.0. The molecule has 77 heavy (non-hydrogen) atoms. The van der Waals surface area contributed by atoms with Gasteiger partial charge in [0.25, 0.3) is 0 Å². The van der Waals surface area contributed by atoms with E-state index in [1.165, 1.54) is 435 Å². The van der Waals surface area contributed by atoms with Crippen molar-refractivity contribution in [3.05, 3.63) is 0 Å². The van der Waals surface area contributed by atoms with Gasteiger partial charge >= 0.3 is 0 Å². The molecule has 1 N–H and O–H groups in total. The average Bonchev–Trinajstić information content (AvgIpc) is 3.43. The summed E-state index contributed by atoms with van der Waals surface area (Å²) >= 11 is 6.99. The molecule has 464 valence electrons. The molecule has 1 atom stereocenters. The van der Waals surface area contributed by atoms with Gasteiger partial charge in [-0.05, 0) is 24.6 Å². The van der Waals surface area contributed by atoms with Crippen molar-refractivity contribution in [1.29, 1.82) is 0 Å². The van der Waals surface area contributed by atoms with Gasteiger partial charge in [-0.25, -0.2) is 0 Å². The minimum atomic E-state index is -2.65. The lowest BCUT2D eigenvalue weighted by atomic mass is 10.0. The lowest BCUT2D eigenvalue weighted by Crippen LogP contribution is -1.92. The van der Waals surface area contributed by atoms with Gasteiger partial charge in [0.1, 0.15) is 0 Å². The summed E-state index contributed by atoms with van der Waals surface area (Å²) < 4.78 is 5.82. The Hall–Kier alpha value is 0.920. The van der Waals surface area contributed by atoms with Crippen molar-refractivity contribution in [2.45, 2.75) is 450 Å². The number of hydrogen-bond acceptors (Lipinski definition) is 3. The predicted octanol–water partition coefficient (Wildman–Crippen LogP) is 28.5. The second-order valence-corrected chi connectivity index (χ2v) is 31.8. The minimum Gasteiger partial charge on any atom is -0.337 e. The zero-order chi connectivity index (χ0) is 55.4. The molecule has 0 aromatic heterocycles. The van der Waals surface area contributed by atoms with Crippen LogP contribution in [0, 0.1) is 0 Å². The summed E-state index contributed by atoms with van der Waals surface area (Å²) in [5, 5.41) is 0. The van der Waals surface area contributed by atoms with E-state index in [1.807, 2.05) is 0 Å². The van der Waals surface area contributed by atoms with Gasteiger partial charge in [0.2, 0.25) is 5.69 Å². The zero-order valence-corrected chi connectivity index (χ0v) is 56.1. The maximum absolute atomic E-state index is 10.6. The van der Waals surface area contributed by atoms with E-state index < -0.39 is 5.69 Å². The Bertz CT molecular complexity index is 993. The van der Waals surface area contributed by atoms with E-state index in [0.717, 1.165) is 18.6 Å². The van der Waals surface area contributed by atoms with Crippen LogP contribution in [0.2, 0.25) is 0 Å². The Morgan fingerprint density at radius 1 is 0.221 bits per heavy atom. The maximum atomic E-state index is 10.6. The van der Waals surface area contributed by atoms with Crippen LogP contribution in [0.25, 0.3) is 0 Å². The van der Waals surface area contributed by atoms with Crippen molar-refractivity contribution in [2.24, 2.45) is 0 Å². The Kier molecular flexibility index (Phi) is 72.0. The summed E-state index contributed by atoms with van der Waals surface area (Å²) in [6, 6.07) is 0. The molecule has 0 rings (SSSR count). The molecule has 0 aliphatic carbocycles. The fourth-order valence-corrected chi connectivity index (χ4v) is 15.5. The lowest BCUT2D eigenvalue weighted by molar-refractivity contribution is 0.307. The van der Waals surface area contributed by atoms with Gasteiger partial charge in [0.05, 0.1) is 6.61 Å². The highest BCUT2D eigenvalue weighted by atomic mass is 32.9. The monoisotopic (exact) mass is 1140 g/mol. The first-order valence-electron chi connectivity index (χ1n) is 36.7. The molecule has 0 fully saturated rings. The fraction of sp³-hybridized carbons (Fsp3) is 1.00. The lowest BCUT2D eigenvalue weighted by Gasteiger charge is -2.14. The van der Waals surface area contributed by atoms with Crippen LogP contribution in [0.1, 0.15) is 450 Å². The van der Waals surface area contributed by atoms with Crippen molar-refractivity contribution in [2.75, 3.05) is 12.4 Å². The standard InChI is InChI=1S/C72H147O2PS2/c1-3-5-7-9-11-13-15-17-19-21-23-25-27-29-31-33-35-37-39-41-43-45-47-49-51-53-55-57-59-61-63-65-67-69-71-74-75(73,76)77-72-70-68-66-64-62-60-58-56-54-52-50-48-46-44-42-40-38-36-34-32-30-28-26-24-22-20-18-16-14-12-10-8-6-4-2/h3-72H2,1-2H3,(H,73,76). The highest BCUT2D eigenvalue weighted by molar-refractivity contribution is 8.67. The smallest absolute Gasteiger partial charge is 0.244 e. The van der Waals surface area contributed by atoms with Crippen LogP contribution in [0.5, 0.6) is 0 Å². The normalized spacial score (nSPS) is 12.6. The Balaban J connectivity index is 3.21. The molecule has 0 heterocycles. The summed E-state index contributed by atoms with van der Waals surface area (Å²) in [6.45, 7) is 5.26. The second kappa shape index (κ2) is 71.2. The molecule has 5 heteroatoms. The quantitative estimate of drug-likeness (QED) is 0.0486. The van der Waals surface area contributed by atoms with Crippen LogP contribution in [0.15, 0.2) is 0 Å². The van der Waals surface area contributed by atoms with Crippen LogP contribution in [0.4, 0.5) is 0 Å². The molecular formula is C72H147O2PS2. The molecule has 0 radical (unpaired) electrons. The Labute approximate surface area is 498 Å². The third-order valence-corrected chi connectivity index (χ3v) is 21.9. The minimum absolute atomic E-state index is 0.639. The van der Waals surface area contributed by atoms with E-state index in [4.69, 9.17) is 16.3 Å². The van der Waals surface area contributed by atoms with E-state index in [1.54, 1.807) is 0 Å². The fourth-order valence-electron chi connectivity index (χ4n) is 12.1. The van der Waals surface area contributed by atoms with Gasteiger partial charge in [-0.1, -0.05) is 449 Å². The van der Waals surface area contributed by atoms with Crippen molar-refractivity contribution in [3.63, 3.8) is 0 Å². The van der Waals surface area contributed by atoms with E-state index in [-0.39, 0.29) is 0 Å². The molecule has 2 nitrogen and oxygen atoms in total. The average molecular weight is 1140 g/mol. The molecule has 0 saturated heterocycles. The van der Waals surface area contributed by atoms with E-state index >= 15 is 0 Å². The van der Waals surface area contributed by atoms with Crippen molar-refractivity contribution in [1.82, 2.24) is 0 Å². The SMILES string of the molecule is CCCCCCCCCCCCCCCCCCCCCCCCCCCCCCCCCCCCOP(O)(=S)SCCCCCCCCCCCCCCCCCCCCCCCCCCCCCCCCCCCC. The van der Waals surface area contributed by atoms with Crippen LogP contribution in [0.3, 0.4) is 0 Å². The highest BCUT2D eigenvalue weighted by Gasteiger charge is 2.14. The third-order valence-electron chi connectivity index (χ3n) is 17.5. The van der Waals surface area contributed by atoms with Crippen LogP contribution < -0.4 is 0 Å². The second-order valence-electron chi connectivity index (χ2n) is 25.5. The van der Waals surface area contributed by atoms with E-state index in [9.17, 15) is 4.89 Å². The van der Waals surface area contributed by atoms with Crippen molar-refractivity contribution < 1.29 is 9.42 Å². The maximum Gasteiger partial charge on any atom is 0.244 e. The van der Waals surface area contributed by atoms with Crippen molar-refractivity contribution in [3.8, 4) is 0 Å². The summed E-state index contributed by atoms with van der Waals surface area (Å²) in [7, 11) is 0. The number of unbranched alkanes of at least 4 members (excludes halogenated alkanes) is 66. The summed E-state index contributed by atoms with van der Waals surface area (Å²) in [4.78, 5) is 10.6. The molecule has 0 spiro atoms. The van der Waals surface area contributed by atoms with Gasteiger partial charge in [0.15, 0.2) is 0 Å². The van der Waals surface area contributed by atoms with Gasteiger partial charge in [0, 0.05) is 5.75 Å². The predicted molar refractivity (Wildman–Crippen MR) is 360 cm³/mol. The molecule has 0 aromatic carbocycles. The molecule has 1 unspecified atom stereocenters. The first-order chi connectivity index (χ1) is 38.1. The van der Waals surface area contributed by atoms with Crippen molar-refractivity contribution >= 4 is 28.9 Å². The van der Waals surface area contributed by atoms with Gasteiger partial charge in [-0.15, -0.1) is 0 Å². The molecule has 0 amide bonds. The molecular weight excluding hydrogens is 992 g/mol. The number of hydrogen-bond donors (Lipinski definition) is 1. The van der Waals surface area contributed by atoms with Crippen LogP contribution >= 0.6 is 17.1 Å². The summed E-state index contributed by atoms with van der Waals surface area (Å²) in [5.74, 6) is 0.951. The molecule has 0 bridgehead atoms. The first kappa shape index (κ1) is 77.9. The molecule has 0 aliphatic rings. The highest BCUT2D eigenvalue weighted by Crippen LogP contribution is 2.56. The van der Waals surface area contributed by atoms with Crippen LogP contribution in [-0.2, 0) is 16.3 Å². The van der Waals surface area contributed by atoms with E-state index in [2.05, 4.69) is 13.8 Å². The Morgan fingerprint density at radius 2 is 0.351 bits per heavy atom.